The summed E-state index contributed by atoms with van der Waals surface area (Å²) >= 11 is 0. The Balaban J connectivity index is 2.92. The molecule has 0 radical (unpaired) electrons. The highest BCUT2D eigenvalue weighted by Gasteiger charge is 2.10. The molecular weight excluding hydrogens is 170 g/mol. The molecular formula is C13H23N. The van der Waals surface area contributed by atoms with Gasteiger partial charge in [-0.2, -0.15) is 0 Å². The van der Waals surface area contributed by atoms with Crippen molar-refractivity contribution in [2.75, 3.05) is 0 Å². The molecule has 0 fully saturated rings. The molecule has 0 aliphatic heterocycles. The van der Waals surface area contributed by atoms with Crippen LogP contribution in [0.25, 0.3) is 0 Å². The van der Waals surface area contributed by atoms with Gasteiger partial charge in [0.1, 0.15) is 0 Å². The van der Waals surface area contributed by atoms with Crippen LogP contribution in [0, 0.1) is 13.8 Å². The van der Waals surface area contributed by atoms with Crippen LogP contribution in [0.2, 0.25) is 0 Å². The Morgan fingerprint density at radius 2 is 1.93 bits per heavy atom. The van der Waals surface area contributed by atoms with E-state index in [9.17, 15) is 0 Å². The van der Waals surface area contributed by atoms with Crippen molar-refractivity contribution < 1.29 is 0 Å². The van der Waals surface area contributed by atoms with E-state index in [1.165, 1.54) is 36.2 Å². The molecule has 1 aromatic rings. The first kappa shape index (κ1) is 11.4. The molecule has 1 aromatic heterocycles. The molecule has 0 aromatic carbocycles. The normalized spacial score (nSPS) is 11.3. The van der Waals surface area contributed by atoms with Gasteiger partial charge < -0.3 is 4.57 Å². The van der Waals surface area contributed by atoms with Crippen LogP contribution in [0.3, 0.4) is 0 Å². The molecule has 0 bridgehead atoms. The van der Waals surface area contributed by atoms with Gasteiger partial charge in [0.05, 0.1) is 0 Å². The van der Waals surface area contributed by atoms with E-state index in [1.807, 2.05) is 0 Å². The van der Waals surface area contributed by atoms with Gasteiger partial charge in [-0.05, 0) is 52.2 Å². The quantitative estimate of drug-likeness (QED) is 0.680. The Kier molecular flexibility index (Phi) is 3.79. The molecule has 0 unspecified atom stereocenters. The van der Waals surface area contributed by atoms with Crippen molar-refractivity contribution in [1.82, 2.24) is 4.57 Å². The Hall–Kier alpha value is -0.720. The first-order valence-corrected chi connectivity index (χ1v) is 5.75. The third-order valence-electron chi connectivity index (χ3n) is 2.91. The zero-order valence-electron chi connectivity index (χ0n) is 10.2. The maximum absolute atomic E-state index is 2.44. The van der Waals surface area contributed by atoms with Crippen molar-refractivity contribution in [3.05, 3.63) is 23.0 Å². The Morgan fingerprint density at radius 1 is 1.29 bits per heavy atom. The summed E-state index contributed by atoms with van der Waals surface area (Å²) in [7, 11) is 0. The fourth-order valence-corrected chi connectivity index (χ4v) is 2.26. The van der Waals surface area contributed by atoms with E-state index < -0.39 is 0 Å². The molecule has 80 valence electrons. The van der Waals surface area contributed by atoms with Crippen LogP contribution < -0.4 is 0 Å². The van der Waals surface area contributed by atoms with Gasteiger partial charge in [-0.1, -0.05) is 13.3 Å². The second-order valence-corrected chi connectivity index (χ2v) is 4.46. The number of nitrogens with zero attached hydrogens (tertiary/aromatic N) is 1. The molecule has 1 rings (SSSR count). The molecule has 0 spiro atoms. The van der Waals surface area contributed by atoms with Crippen molar-refractivity contribution in [3.63, 3.8) is 0 Å². The highest BCUT2D eigenvalue weighted by Crippen LogP contribution is 2.21. The van der Waals surface area contributed by atoms with E-state index in [4.69, 9.17) is 0 Å². The fourth-order valence-electron chi connectivity index (χ4n) is 2.26. The van der Waals surface area contributed by atoms with E-state index in [0.717, 1.165) is 0 Å². The van der Waals surface area contributed by atoms with Gasteiger partial charge in [0.15, 0.2) is 0 Å². The lowest BCUT2D eigenvalue weighted by molar-refractivity contribution is 0.572. The Bertz CT molecular complexity index is 294. The van der Waals surface area contributed by atoms with Crippen molar-refractivity contribution >= 4 is 0 Å². The predicted octanol–water partition coefficient (Wildman–Crippen LogP) is 4.03. The molecule has 0 saturated carbocycles. The number of hydrogen-bond acceptors (Lipinski definition) is 0. The summed E-state index contributed by atoms with van der Waals surface area (Å²) in [5.74, 6) is 0. The highest BCUT2D eigenvalue weighted by molar-refractivity contribution is 5.27. The largest absolute Gasteiger partial charge is 0.346 e. The number of hydrogen-bond donors (Lipinski definition) is 0. The molecule has 0 aliphatic carbocycles. The summed E-state index contributed by atoms with van der Waals surface area (Å²) in [5, 5.41) is 0. The maximum Gasteiger partial charge on any atom is 0.0279 e. The maximum atomic E-state index is 2.44. The van der Waals surface area contributed by atoms with Crippen LogP contribution in [-0.4, -0.2) is 4.57 Å². The smallest absolute Gasteiger partial charge is 0.0279 e. The number of unbranched alkanes of at least 4 members (excludes halogenated alkanes) is 1. The molecule has 14 heavy (non-hydrogen) atoms. The average Bonchev–Trinajstić information content (AvgIpc) is 2.38. The molecule has 0 N–H and O–H groups in total. The first-order valence-electron chi connectivity index (χ1n) is 5.75. The third kappa shape index (κ3) is 2.20. The summed E-state index contributed by atoms with van der Waals surface area (Å²) in [6, 6.07) is 2.94. The van der Waals surface area contributed by atoms with Crippen LogP contribution in [0.4, 0.5) is 0 Å². The molecule has 1 nitrogen and oxygen atoms in total. The molecule has 0 atom stereocenters. The van der Waals surface area contributed by atoms with Crippen molar-refractivity contribution in [2.24, 2.45) is 0 Å². The first-order chi connectivity index (χ1) is 6.57. The number of rotatable bonds is 4. The summed E-state index contributed by atoms with van der Waals surface area (Å²) in [4.78, 5) is 0. The summed E-state index contributed by atoms with van der Waals surface area (Å²) in [6.45, 7) is 11.2. The molecule has 0 saturated heterocycles. The van der Waals surface area contributed by atoms with E-state index in [-0.39, 0.29) is 0 Å². The average molecular weight is 193 g/mol. The van der Waals surface area contributed by atoms with Gasteiger partial charge >= 0.3 is 0 Å². The lowest BCUT2D eigenvalue weighted by atomic mass is 10.1. The lowest BCUT2D eigenvalue weighted by Gasteiger charge is -2.13. The van der Waals surface area contributed by atoms with E-state index >= 15 is 0 Å². The molecule has 1 heteroatoms. The van der Waals surface area contributed by atoms with E-state index in [2.05, 4.69) is 45.3 Å². The molecule has 0 amide bonds. The SMILES string of the molecule is CCCCc1cc(C)n(C(C)C)c1C. The zero-order chi connectivity index (χ0) is 10.7. The number of aryl methyl sites for hydroxylation is 2. The number of aromatic nitrogens is 1. The summed E-state index contributed by atoms with van der Waals surface area (Å²) < 4.78 is 2.44. The van der Waals surface area contributed by atoms with Crippen molar-refractivity contribution in [2.45, 2.75) is 59.9 Å². The minimum absolute atomic E-state index is 0.588. The summed E-state index contributed by atoms with van der Waals surface area (Å²) in [6.07, 6.45) is 3.83. The van der Waals surface area contributed by atoms with Crippen molar-refractivity contribution in [1.29, 1.82) is 0 Å². The lowest BCUT2D eigenvalue weighted by Crippen LogP contribution is -2.05. The standard InChI is InChI=1S/C13H23N/c1-6-7-8-13-9-11(4)14(10(2)3)12(13)5/h9-10H,6-8H2,1-5H3. The predicted molar refractivity (Wildman–Crippen MR) is 62.9 cm³/mol. The van der Waals surface area contributed by atoms with Crippen LogP contribution >= 0.6 is 0 Å². The van der Waals surface area contributed by atoms with Crippen LogP contribution in [0.1, 0.15) is 56.6 Å². The van der Waals surface area contributed by atoms with Gasteiger partial charge in [-0.15, -0.1) is 0 Å². The van der Waals surface area contributed by atoms with E-state index in [0.29, 0.717) is 6.04 Å². The van der Waals surface area contributed by atoms with E-state index in [1.54, 1.807) is 0 Å². The summed E-state index contributed by atoms with van der Waals surface area (Å²) in [5.41, 5.74) is 4.41. The second-order valence-electron chi connectivity index (χ2n) is 4.46. The second kappa shape index (κ2) is 4.68. The molecule has 1 heterocycles. The minimum Gasteiger partial charge on any atom is -0.346 e. The van der Waals surface area contributed by atoms with Crippen LogP contribution in [0.5, 0.6) is 0 Å². The Morgan fingerprint density at radius 3 is 2.36 bits per heavy atom. The van der Waals surface area contributed by atoms with Gasteiger partial charge in [0, 0.05) is 17.4 Å². The Labute approximate surface area is 88.1 Å². The van der Waals surface area contributed by atoms with Gasteiger partial charge in [-0.3, -0.25) is 0 Å². The fraction of sp³-hybridized carbons (Fsp3) is 0.692. The third-order valence-corrected chi connectivity index (χ3v) is 2.91. The highest BCUT2D eigenvalue weighted by atomic mass is 15.0. The zero-order valence-corrected chi connectivity index (χ0v) is 10.2. The van der Waals surface area contributed by atoms with Crippen molar-refractivity contribution in [3.8, 4) is 0 Å². The minimum atomic E-state index is 0.588. The van der Waals surface area contributed by atoms with Crippen LogP contribution in [0.15, 0.2) is 6.07 Å². The van der Waals surface area contributed by atoms with Gasteiger partial charge in [-0.25, -0.2) is 0 Å². The molecule has 0 aliphatic rings. The van der Waals surface area contributed by atoms with Gasteiger partial charge in [0.25, 0.3) is 0 Å². The van der Waals surface area contributed by atoms with Crippen LogP contribution in [-0.2, 0) is 6.42 Å². The monoisotopic (exact) mass is 193 g/mol. The van der Waals surface area contributed by atoms with Gasteiger partial charge in [0.2, 0.25) is 0 Å². The topological polar surface area (TPSA) is 4.93 Å².